The molecule has 0 radical (unpaired) electrons. The monoisotopic (exact) mass is 317 g/mol. The summed E-state index contributed by atoms with van der Waals surface area (Å²) in [6, 6.07) is 0. The second-order valence-corrected chi connectivity index (χ2v) is 6.06. The van der Waals surface area contributed by atoms with Crippen LogP contribution in [0, 0.1) is 0 Å². The second-order valence-electron chi connectivity index (χ2n) is 6.06. The molecule has 0 spiro atoms. The Morgan fingerprint density at radius 3 is 2.30 bits per heavy atom. The van der Waals surface area contributed by atoms with Gasteiger partial charge in [0.1, 0.15) is 5.69 Å². The number of piperazine rings is 1. The molecular formula is C16H23N5O2. The van der Waals surface area contributed by atoms with Crippen molar-refractivity contribution < 1.29 is 9.59 Å². The highest BCUT2D eigenvalue weighted by Crippen LogP contribution is 2.10. The third kappa shape index (κ3) is 4.04. The topological polar surface area (TPSA) is 69.6 Å². The van der Waals surface area contributed by atoms with E-state index in [2.05, 4.69) is 14.9 Å². The van der Waals surface area contributed by atoms with Crippen molar-refractivity contribution in [1.29, 1.82) is 0 Å². The van der Waals surface area contributed by atoms with Gasteiger partial charge in [-0.3, -0.25) is 14.6 Å². The largest absolute Gasteiger partial charge is 0.339 e. The Morgan fingerprint density at radius 2 is 1.65 bits per heavy atom. The minimum Gasteiger partial charge on any atom is -0.339 e. The number of rotatable bonds is 4. The van der Waals surface area contributed by atoms with Crippen LogP contribution in [0.1, 0.15) is 29.8 Å². The molecule has 0 aromatic carbocycles. The lowest BCUT2D eigenvalue weighted by molar-refractivity contribution is -0.133. The summed E-state index contributed by atoms with van der Waals surface area (Å²) in [4.78, 5) is 38.5. The van der Waals surface area contributed by atoms with Crippen molar-refractivity contribution in [2.24, 2.45) is 0 Å². The number of hydrogen-bond acceptors (Lipinski definition) is 5. The Morgan fingerprint density at radius 1 is 0.957 bits per heavy atom. The number of amides is 2. The van der Waals surface area contributed by atoms with Gasteiger partial charge in [-0.05, 0) is 25.9 Å². The normalized spacial score (nSPS) is 19.1. The lowest BCUT2D eigenvalue weighted by atomic mass is 10.2. The fraction of sp³-hybridized carbons (Fsp3) is 0.625. The molecule has 7 heteroatoms. The summed E-state index contributed by atoms with van der Waals surface area (Å²) in [5.41, 5.74) is 0.362. The lowest BCUT2D eigenvalue weighted by Gasteiger charge is -2.34. The van der Waals surface area contributed by atoms with Gasteiger partial charge in [-0.1, -0.05) is 0 Å². The fourth-order valence-corrected chi connectivity index (χ4v) is 3.15. The van der Waals surface area contributed by atoms with Crippen LogP contribution in [0.2, 0.25) is 0 Å². The molecule has 0 N–H and O–H groups in total. The first-order chi connectivity index (χ1) is 11.2. The molecule has 2 amide bonds. The van der Waals surface area contributed by atoms with Crippen LogP contribution < -0.4 is 0 Å². The molecule has 2 aliphatic heterocycles. The van der Waals surface area contributed by atoms with Crippen molar-refractivity contribution in [3.63, 3.8) is 0 Å². The van der Waals surface area contributed by atoms with Gasteiger partial charge in [0.05, 0.1) is 6.20 Å². The van der Waals surface area contributed by atoms with Crippen molar-refractivity contribution in [2.75, 3.05) is 45.8 Å². The van der Waals surface area contributed by atoms with Gasteiger partial charge in [0.2, 0.25) is 5.91 Å². The van der Waals surface area contributed by atoms with E-state index in [0.717, 1.165) is 19.6 Å². The van der Waals surface area contributed by atoms with Gasteiger partial charge in [0.15, 0.2) is 0 Å². The summed E-state index contributed by atoms with van der Waals surface area (Å²) >= 11 is 0. The standard InChI is InChI=1S/C16H23N5O2/c22-15(3-8-19-6-1-2-7-19)20-9-11-21(12-10-20)16(23)14-13-17-4-5-18-14/h4-5,13H,1-3,6-12H2. The van der Waals surface area contributed by atoms with Gasteiger partial charge in [-0.25, -0.2) is 4.98 Å². The maximum Gasteiger partial charge on any atom is 0.274 e. The van der Waals surface area contributed by atoms with Crippen LogP contribution in [-0.2, 0) is 4.79 Å². The van der Waals surface area contributed by atoms with E-state index in [1.165, 1.54) is 25.2 Å². The van der Waals surface area contributed by atoms with E-state index in [9.17, 15) is 9.59 Å². The Bertz CT molecular complexity index is 537. The summed E-state index contributed by atoms with van der Waals surface area (Å²) in [6.07, 6.45) is 7.63. The number of carbonyl (C=O) groups is 2. The van der Waals surface area contributed by atoms with E-state index in [-0.39, 0.29) is 11.8 Å². The fourth-order valence-electron chi connectivity index (χ4n) is 3.15. The van der Waals surface area contributed by atoms with Gasteiger partial charge in [-0.2, -0.15) is 0 Å². The predicted molar refractivity (Wildman–Crippen MR) is 84.8 cm³/mol. The molecule has 1 aromatic heterocycles. The Labute approximate surface area is 136 Å². The summed E-state index contributed by atoms with van der Waals surface area (Å²) in [6.45, 7) is 5.42. The minimum atomic E-state index is -0.109. The predicted octanol–water partition coefficient (Wildman–Crippen LogP) is 0.247. The zero-order valence-corrected chi connectivity index (χ0v) is 13.4. The first-order valence-corrected chi connectivity index (χ1v) is 8.29. The Kier molecular flexibility index (Phi) is 5.17. The summed E-state index contributed by atoms with van der Waals surface area (Å²) in [5, 5.41) is 0. The van der Waals surface area contributed by atoms with E-state index in [1.807, 2.05) is 4.90 Å². The number of aromatic nitrogens is 2. The number of carbonyl (C=O) groups excluding carboxylic acids is 2. The quantitative estimate of drug-likeness (QED) is 0.796. The Balaban J connectivity index is 1.44. The van der Waals surface area contributed by atoms with Gasteiger partial charge in [-0.15, -0.1) is 0 Å². The highest BCUT2D eigenvalue weighted by molar-refractivity contribution is 5.92. The van der Waals surface area contributed by atoms with Crippen LogP contribution in [0.25, 0.3) is 0 Å². The molecule has 23 heavy (non-hydrogen) atoms. The van der Waals surface area contributed by atoms with Crippen molar-refractivity contribution in [3.05, 3.63) is 24.3 Å². The van der Waals surface area contributed by atoms with E-state index >= 15 is 0 Å². The average molecular weight is 317 g/mol. The SMILES string of the molecule is O=C(CCN1CCCC1)N1CCN(C(=O)c2cnccn2)CC1. The molecule has 2 fully saturated rings. The lowest BCUT2D eigenvalue weighted by Crippen LogP contribution is -2.51. The molecule has 2 aliphatic rings. The average Bonchev–Trinajstić information content (AvgIpc) is 3.13. The van der Waals surface area contributed by atoms with Crippen molar-refractivity contribution in [2.45, 2.75) is 19.3 Å². The smallest absolute Gasteiger partial charge is 0.274 e. The van der Waals surface area contributed by atoms with Crippen LogP contribution >= 0.6 is 0 Å². The van der Waals surface area contributed by atoms with Crippen LogP contribution in [0.4, 0.5) is 0 Å². The highest BCUT2D eigenvalue weighted by Gasteiger charge is 2.25. The van der Waals surface area contributed by atoms with Gasteiger partial charge in [0, 0.05) is 51.5 Å². The molecule has 3 rings (SSSR count). The summed E-state index contributed by atoms with van der Waals surface area (Å²) < 4.78 is 0. The molecule has 124 valence electrons. The van der Waals surface area contributed by atoms with Gasteiger partial charge in [0.25, 0.3) is 5.91 Å². The second kappa shape index (κ2) is 7.50. The van der Waals surface area contributed by atoms with Gasteiger partial charge >= 0.3 is 0 Å². The van der Waals surface area contributed by atoms with E-state index in [0.29, 0.717) is 38.3 Å². The summed E-state index contributed by atoms with van der Waals surface area (Å²) in [5.74, 6) is 0.0887. The number of likely N-dealkylation sites (tertiary alicyclic amines) is 1. The molecule has 0 atom stereocenters. The summed E-state index contributed by atoms with van der Waals surface area (Å²) in [7, 11) is 0. The van der Waals surface area contributed by atoms with Crippen molar-refractivity contribution in [1.82, 2.24) is 24.7 Å². The van der Waals surface area contributed by atoms with Crippen LogP contribution in [0.3, 0.4) is 0 Å². The van der Waals surface area contributed by atoms with Crippen LogP contribution in [0.15, 0.2) is 18.6 Å². The third-order valence-corrected chi connectivity index (χ3v) is 4.54. The zero-order chi connectivity index (χ0) is 16.1. The van der Waals surface area contributed by atoms with Gasteiger partial charge < -0.3 is 14.7 Å². The molecular weight excluding hydrogens is 294 g/mol. The molecule has 2 saturated heterocycles. The molecule has 0 saturated carbocycles. The van der Waals surface area contributed by atoms with Crippen molar-refractivity contribution in [3.8, 4) is 0 Å². The molecule has 0 unspecified atom stereocenters. The first kappa shape index (κ1) is 15.9. The number of hydrogen-bond donors (Lipinski definition) is 0. The van der Waals surface area contributed by atoms with Crippen molar-refractivity contribution >= 4 is 11.8 Å². The van der Waals surface area contributed by atoms with E-state index in [4.69, 9.17) is 0 Å². The zero-order valence-electron chi connectivity index (χ0n) is 13.4. The van der Waals surface area contributed by atoms with E-state index < -0.39 is 0 Å². The first-order valence-electron chi connectivity index (χ1n) is 8.29. The Hall–Kier alpha value is -2.02. The third-order valence-electron chi connectivity index (χ3n) is 4.54. The molecule has 3 heterocycles. The minimum absolute atomic E-state index is 0.109. The molecule has 1 aromatic rings. The maximum atomic E-state index is 12.3. The van der Waals surface area contributed by atoms with Crippen LogP contribution in [0.5, 0.6) is 0 Å². The molecule has 0 aliphatic carbocycles. The maximum absolute atomic E-state index is 12.3. The molecule has 0 bridgehead atoms. The van der Waals surface area contributed by atoms with E-state index in [1.54, 1.807) is 11.1 Å². The van der Waals surface area contributed by atoms with Crippen LogP contribution in [-0.4, -0.2) is 82.3 Å². The number of nitrogens with zero attached hydrogens (tertiary/aromatic N) is 5. The highest BCUT2D eigenvalue weighted by atomic mass is 16.2. The molecule has 7 nitrogen and oxygen atoms in total.